The molecule has 146 valence electrons. The Bertz CT molecular complexity index is 870. The van der Waals surface area contributed by atoms with Gasteiger partial charge in [0.1, 0.15) is 11.5 Å². The number of aryl methyl sites for hydroxylation is 1. The lowest BCUT2D eigenvalue weighted by Crippen LogP contribution is -2.48. The van der Waals surface area contributed by atoms with Crippen molar-refractivity contribution in [3.63, 3.8) is 0 Å². The number of Topliss-reactive ketones (excluding diaryl/α,β-unsaturated/α-hetero) is 1. The molecule has 0 saturated carbocycles. The van der Waals surface area contributed by atoms with Gasteiger partial charge in [0, 0.05) is 23.5 Å². The van der Waals surface area contributed by atoms with Gasteiger partial charge in [0.2, 0.25) is 5.75 Å². The molecule has 1 heterocycles. The van der Waals surface area contributed by atoms with Crippen LogP contribution in [0.1, 0.15) is 42.3 Å². The summed E-state index contributed by atoms with van der Waals surface area (Å²) in [5.74, 6) is 0.736. The minimum absolute atomic E-state index is 0.118. The summed E-state index contributed by atoms with van der Waals surface area (Å²) in [7, 11) is 4.61. The molecular formula is C20H25NO6. The predicted octanol–water partition coefficient (Wildman–Crippen LogP) is 2.65. The fourth-order valence-corrected chi connectivity index (χ4v) is 4.30. The van der Waals surface area contributed by atoms with Crippen molar-refractivity contribution in [1.29, 1.82) is 0 Å². The van der Waals surface area contributed by atoms with E-state index in [0.29, 0.717) is 34.3 Å². The Morgan fingerprint density at radius 2 is 1.89 bits per heavy atom. The molecule has 1 aromatic carbocycles. The molecule has 2 aromatic rings. The van der Waals surface area contributed by atoms with E-state index >= 15 is 0 Å². The maximum Gasteiger partial charge on any atom is 0.203 e. The monoisotopic (exact) mass is 375 g/mol. The summed E-state index contributed by atoms with van der Waals surface area (Å²) in [6.45, 7) is 4.96. The molecule has 0 amide bonds. The maximum atomic E-state index is 12.6. The van der Waals surface area contributed by atoms with Crippen molar-refractivity contribution in [2.75, 3.05) is 21.3 Å². The molecule has 1 aromatic heterocycles. The van der Waals surface area contributed by atoms with Crippen molar-refractivity contribution in [3.05, 3.63) is 34.7 Å². The van der Waals surface area contributed by atoms with Crippen LogP contribution in [0.4, 0.5) is 0 Å². The lowest BCUT2D eigenvalue weighted by atomic mass is 9.64. The molecule has 1 N–H and O–H groups in total. The first-order valence-corrected chi connectivity index (χ1v) is 8.73. The second-order valence-corrected chi connectivity index (χ2v) is 7.12. The highest BCUT2D eigenvalue weighted by Gasteiger charge is 2.50. The average molecular weight is 375 g/mol. The fraction of sp³-hybridized carbons (Fsp3) is 0.500. The number of nitrogens with zero attached hydrogens (tertiary/aromatic N) is 1. The lowest BCUT2D eigenvalue weighted by molar-refractivity contribution is -0.130. The molecule has 3 unspecified atom stereocenters. The number of ketones is 1. The molecule has 0 fully saturated rings. The summed E-state index contributed by atoms with van der Waals surface area (Å²) >= 11 is 0. The average Bonchev–Trinajstić information content (AvgIpc) is 2.97. The molecule has 0 bridgehead atoms. The van der Waals surface area contributed by atoms with Crippen LogP contribution in [0.15, 0.2) is 16.7 Å². The van der Waals surface area contributed by atoms with E-state index in [1.165, 1.54) is 21.1 Å². The maximum absolute atomic E-state index is 12.6. The number of ether oxygens (including phenoxy) is 3. The van der Waals surface area contributed by atoms with Gasteiger partial charge in [0.05, 0.1) is 38.5 Å². The van der Waals surface area contributed by atoms with E-state index in [4.69, 9.17) is 18.7 Å². The van der Waals surface area contributed by atoms with Crippen LogP contribution in [0.2, 0.25) is 0 Å². The second-order valence-electron chi connectivity index (χ2n) is 7.12. The summed E-state index contributed by atoms with van der Waals surface area (Å²) in [6.07, 6.45) is 0.246. The van der Waals surface area contributed by atoms with Crippen LogP contribution in [-0.2, 0) is 11.2 Å². The molecule has 3 atom stereocenters. The normalized spacial score (nSPS) is 24.3. The zero-order valence-corrected chi connectivity index (χ0v) is 16.5. The van der Waals surface area contributed by atoms with Gasteiger partial charge in [-0.3, -0.25) is 4.79 Å². The van der Waals surface area contributed by atoms with Crippen LogP contribution in [0.25, 0.3) is 0 Å². The van der Waals surface area contributed by atoms with Gasteiger partial charge in [-0.15, -0.1) is 0 Å². The number of rotatable bonds is 5. The van der Waals surface area contributed by atoms with Crippen LogP contribution in [0.3, 0.4) is 0 Å². The highest BCUT2D eigenvalue weighted by molar-refractivity contribution is 5.82. The van der Waals surface area contributed by atoms with E-state index in [-0.39, 0.29) is 12.2 Å². The molecule has 0 saturated heterocycles. The van der Waals surface area contributed by atoms with Gasteiger partial charge in [-0.05, 0) is 26.8 Å². The third kappa shape index (κ3) is 2.96. The van der Waals surface area contributed by atoms with Gasteiger partial charge in [0.15, 0.2) is 11.5 Å². The number of hydrogen-bond donors (Lipinski definition) is 1. The van der Waals surface area contributed by atoms with Crippen LogP contribution in [0.5, 0.6) is 17.2 Å². The van der Waals surface area contributed by atoms with Crippen molar-refractivity contribution < 1.29 is 28.6 Å². The SMILES string of the molecule is COc1ccc(C2c3c(noc3C)CC(C)(O)C2C(C)=O)c(OC)c1OC. The second kappa shape index (κ2) is 6.88. The first-order chi connectivity index (χ1) is 12.8. The van der Waals surface area contributed by atoms with Gasteiger partial charge in [0.25, 0.3) is 0 Å². The fourth-order valence-electron chi connectivity index (χ4n) is 4.30. The molecule has 0 spiro atoms. The number of methoxy groups -OCH3 is 3. The molecule has 0 radical (unpaired) electrons. The third-order valence-corrected chi connectivity index (χ3v) is 5.33. The quantitative estimate of drug-likeness (QED) is 0.859. The van der Waals surface area contributed by atoms with Crippen LogP contribution < -0.4 is 14.2 Å². The first kappa shape index (κ1) is 19.2. The zero-order valence-electron chi connectivity index (χ0n) is 16.5. The van der Waals surface area contributed by atoms with Crippen molar-refractivity contribution in [2.24, 2.45) is 5.92 Å². The largest absolute Gasteiger partial charge is 0.493 e. The van der Waals surface area contributed by atoms with Crippen LogP contribution in [-0.4, -0.2) is 43.0 Å². The molecule has 1 aliphatic carbocycles. The van der Waals surface area contributed by atoms with E-state index in [0.717, 1.165) is 5.56 Å². The summed E-state index contributed by atoms with van der Waals surface area (Å²) in [5, 5.41) is 15.2. The summed E-state index contributed by atoms with van der Waals surface area (Å²) in [5.41, 5.74) is 0.900. The number of aliphatic hydroxyl groups is 1. The minimum Gasteiger partial charge on any atom is -0.493 e. The molecule has 27 heavy (non-hydrogen) atoms. The topological polar surface area (TPSA) is 91.0 Å². The minimum atomic E-state index is -1.27. The highest BCUT2D eigenvalue weighted by Crippen LogP contribution is 2.52. The number of carbonyl (C=O) groups excluding carboxylic acids is 1. The highest BCUT2D eigenvalue weighted by atomic mass is 16.5. The molecule has 0 aliphatic heterocycles. The van der Waals surface area contributed by atoms with E-state index in [2.05, 4.69) is 5.16 Å². The number of aromatic nitrogens is 1. The Labute approximate surface area is 158 Å². The van der Waals surface area contributed by atoms with Crippen molar-refractivity contribution in [3.8, 4) is 17.2 Å². The predicted molar refractivity (Wildman–Crippen MR) is 97.7 cm³/mol. The number of carbonyl (C=O) groups is 1. The van der Waals surface area contributed by atoms with Crippen molar-refractivity contribution >= 4 is 5.78 Å². The molecule has 1 aliphatic rings. The Hall–Kier alpha value is -2.54. The van der Waals surface area contributed by atoms with E-state index in [1.807, 2.05) is 13.0 Å². The number of benzene rings is 1. The summed E-state index contributed by atoms with van der Waals surface area (Å²) < 4.78 is 21.9. The van der Waals surface area contributed by atoms with Gasteiger partial charge >= 0.3 is 0 Å². The zero-order chi connectivity index (χ0) is 19.9. The first-order valence-electron chi connectivity index (χ1n) is 8.73. The van der Waals surface area contributed by atoms with Crippen LogP contribution in [0, 0.1) is 12.8 Å². The Morgan fingerprint density at radius 3 is 2.44 bits per heavy atom. The van der Waals surface area contributed by atoms with Crippen molar-refractivity contribution in [2.45, 2.75) is 38.7 Å². The number of hydrogen-bond acceptors (Lipinski definition) is 7. The van der Waals surface area contributed by atoms with E-state index in [1.54, 1.807) is 20.1 Å². The molecular weight excluding hydrogens is 350 g/mol. The van der Waals surface area contributed by atoms with Gasteiger partial charge in [-0.25, -0.2) is 0 Å². The van der Waals surface area contributed by atoms with Gasteiger partial charge < -0.3 is 23.8 Å². The lowest BCUT2D eigenvalue weighted by Gasteiger charge is -2.41. The molecule has 7 nitrogen and oxygen atoms in total. The van der Waals surface area contributed by atoms with Crippen molar-refractivity contribution in [1.82, 2.24) is 5.16 Å². The Kier molecular flexibility index (Phi) is 4.90. The van der Waals surface area contributed by atoms with Crippen LogP contribution >= 0.6 is 0 Å². The molecule has 7 heteroatoms. The van der Waals surface area contributed by atoms with E-state index in [9.17, 15) is 9.90 Å². The number of fused-ring (bicyclic) bond motifs is 1. The summed E-state index contributed by atoms with van der Waals surface area (Å²) in [4.78, 5) is 12.6. The third-order valence-electron chi connectivity index (χ3n) is 5.33. The summed E-state index contributed by atoms with van der Waals surface area (Å²) in [6, 6.07) is 3.60. The molecule has 3 rings (SSSR count). The van der Waals surface area contributed by atoms with Gasteiger partial charge in [-0.2, -0.15) is 0 Å². The smallest absolute Gasteiger partial charge is 0.203 e. The Morgan fingerprint density at radius 1 is 1.22 bits per heavy atom. The standard InChI is InChI=1S/C20H25NO6/c1-10(22)17-16(15-11(2)27-21-13(15)9-20(17,3)23)12-7-8-14(24-4)19(26-6)18(12)25-5/h7-8,16-17,23H,9H2,1-6H3. The Balaban J connectivity index is 2.33. The van der Waals surface area contributed by atoms with E-state index < -0.39 is 17.4 Å². The van der Waals surface area contributed by atoms with Gasteiger partial charge in [-0.1, -0.05) is 11.2 Å².